The Labute approximate surface area is 108 Å². The van der Waals surface area contributed by atoms with Crippen LogP contribution in [0.3, 0.4) is 0 Å². The van der Waals surface area contributed by atoms with Crippen molar-refractivity contribution >= 4 is 10.8 Å². The number of benzene rings is 2. The fourth-order valence-corrected chi connectivity index (χ4v) is 2.25. The molecule has 0 radical (unpaired) electrons. The molecule has 0 aromatic heterocycles. The van der Waals surface area contributed by atoms with Crippen LogP contribution in [0.4, 0.5) is 0 Å². The molecule has 2 atom stereocenters. The second-order valence-corrected chi connectivity index (χ2v) is 5.00. The van der Waals surface area contributed by atoms with Crippen molar-refractivity contribution in [1.29, 1.82) is 0 Å². The first kappa shape index (κ1) is 13.1. The Balaban J connectivity index is 2.58. The minimum Gasteiger partial charge on any atom is -0.396 e. The summed E-state index contributed by atoms with van der Waals surface area (Å²) in [6.45, 7) is 4.35. The Morgan fingerprint density at radius 1 is 0.944 bits per heavy atom. The van der Waals surface area contributed by atoms with Gasteiger partial charge in [-0.2, -0.15) is 0 Å². The van der Waals surface area contributed by atoms with Gasteiger partial charge in [0.1, 0.15) is 0 Å². The van der Waals surface area contributed by atoms with Crippen LogP contribution in [0, 0.1) is 0 Å². The standard InChI is InChI=1S/C16H20O2/c1-11(9-17)14-7-6-13-4-3-5-15(12(2)10-18)16(13)8-14/h3-8,11-12,17-18H,9-10H2,1-2H3. The molecule has 18 heavy (non-hydrogen) atoms. The molecule has 2 rings (SSSR count). The van der Waals surface area contributed by atoms with Gasteiger partial charge >= 0.3 is 0 Å². The molecule has 0 heterocycles. The summed E-state index contributed by atoms with van der Waals surface area (Å²) >= 11 is 0. The van der Waals surface area contributed by atoms with Gasteiger partial charge < -0.3 is 10.2 Å². The lowest BCUT2D eigenvalue weighted by molar-refractivity contribution is 0.272. The van der Waals surface area contributed by atoms with Crippen LogP contribution in [-0.2, 0) is 0 Å². The Bertz CT molecular complexity index is 534. The van der Waals surface area contributed by atoms with Crippen molar-refractivity contribution in [2.45, 2.75) is 25.7 Å². The summed E-state index contributed by atoms with van der Waals surface area (Å²) in [7, 11) is 0. The quantitative estimate of drug-likeness (QED) is 0.868. The minimum absolute atomic E-state index is 0.133. The third-order valence-corrected chi connectivity index (χ3v) is 3.59. The van der Waals surface area contributed by atoms with Crippen LogP contribution in [0.2, 0.25) is 0 Å². The second-order valence-electron chi connectivity index (χ2n) is 5.00. The number of aliphatic hydroxyl groups excluding tert-OH is 2. The predicted molar refractivity (Wildman–Crippen MR) is 74.9 cm³/mol. The minimum atomic E-state index is 0.133. The topological polar surface area (TPSA) is 40.5 Å². The summed E-state index contributed by atoms with van der Waals surface area (Å²) in [5, 5.41) is 20.9. The van der Waals surface area contributed by atoms with E-state index in [9.17, 15) is 10.2 Å². The molecule has 2 nitrogen and oxygen atoms in total. The van der Waals surface area contributed by atoms with E-state index in [0.29, 0.717) is 0 Å². The van der Waals surface area contributed by atoms with Gasteiger partial charge in [-0.15, -0.1) is 0 Å². The summed E-state index contributed by atoms with van der Waals surface area (Å²) in [5.41, 5.74) is 2.31. The van der Waals surface area contributed by atoms with Crippen molar-refractivity contribution in [3.8, 4) is 0 Å². The maximum absolute atomic E-state index is 9.33. The third kappa shape index (κ3) is 2.40. The largest absolute Gasteiger partial charge is 0.396 e. The number of hydrogen-bond donors (Lipinski definition) is 2. The Hall–Kier alpha value is -1.38. The lowest BCUT2D eigenvalue weighted by Gasteiger charge is -2.15. The molecule has 0 aliphatic carbocycles. The molecule has 0 saturated carbocycles. The van der Waals surface area contributed by atoms with Crippen molar-refractivity contribution in [1.82, 2.24) is 0 Å². The van der Waals surface area contributed by atoms with Crippen molar-refractivity contribution in [2.75, 3.05) is 13.2 Å². The molecule has 2 aromatic rings. The molecule has 0 aliphatic rings. The number of hydrogen-bond acceptors (Lipinski definition) is 2. The molecular weight excluding hydrogens is 224 g/mol. The zero-order chi connectivity index (χ0) is 13.1. The molecule has 0 fully saturated rings. The average molecular weight is 244 g/mol. The zero-order valence-corrected chi connectivity index (χ0v) is 10.9. The number of fused-ring (bicyclic) bond motifs is 1. The maximum atomic E-state index is 9.33. The summed E-state index contributed by atoms with van der Waals surface area (Å²) in [6.07, 6.45) is 0. The first-order valence-corrected chi connectivity index (χ1v) is 6.41. The Morgan fingerprint density at radius 2 is 1.67 bits per heavy atom. The van der Waals surface area contributed by atoms with Gasteiger partial charge in [0.2, 0.25) is 0 Å². The summed E-state index contributed by atoms with van der Waals surface area (Å²) in [5.74, 6) is 0.278. The van der Waals surface area contributed by atoms with Gasteiger partial charge in [-0.3, -0.25) is 0 Å². The summed E-state index contributed by atoms with van der Waals surface area (Å²) < 4.78 is 0. The van der Waals surface area contributed by atoms with E-state index in [1.165, 1.54) is 16.3 Å². The van der Waals surface area contributed by atoms with Crippen molar-refractivity contribution in [3.05, 3.63) is 47.5 Å². The lowest BCUT2D eigenvalue weighted by Crippen LogP contribution is -2.02. The highest BCUT2D eigenvalue weighted by Crippen LogP contribution is 2.28. The third-order valence-electron chi connectivity index (χ3n) is 3.59. The Morgan fingerprint density at radius 3 is 2.33 bits per heavy atom. The molecule has 0 saturated heterocycles. The highest BCUT2D eigenvalue weighted by atomic mass is 16.3. The van der Waals surface area contributed by atoms with Crippen LogP contribution in [0.1, 0.15) is 36.8 Å². The van der Waals surface area contributed by atoms with Gasteiger partial charge in [0.05, 0.1) is 0 Å². The van der Waals surface area contributed by atoms with Gasteiger partial charge in [-0.1, -0.05) is 50.2 Å². The molecule has 2 unspecified atom stereocenters. The number of rotatable bonds is 4. The lowest BCUT2D eigenvalue weighted by atomic mass is 9.92. The van der Waals surface area contributed by atoms with Crippen LogP contribution < -0.4 is 0 Å². The van der Waals surface area contributed by atoms with Gasteiger partial charge in [0.15, 0.2) is 0 Å². The second kappa shape index (κ2) is 5.51. The van der Waals surface area contributed by atoms with Gasteiger partial charge in [-0.05, 0) is 21.9 Å². The van der Waals surface area contributed by atoms with E-state index in [2.05, 4.69) is 30.3 Å². The van der Waals surface area contributed by atoms with Crippen molar-refractivity contribution < 1.29 is 10.2 Å². The molecule has 2 N–H and O–H groups in total. The molecule has 2 aromatic carbocycles. The van der Waals surface area contributed by atoms with Crippen molar-refractivity contribution in [3.63, 3.8) is 0 Å². The van der Waals surface area contributed by atoms with E-state index in [0.717, 1.165) is 5.56 Å². The zero-order valence-electron chi connectivity index (χ0n) is 10.9. The molecule has 0 amide bonds. The summed E-state index contributed by atoms with van der Waals surface area (Å²) in [4.78, 5) is 0. The molecular formula is C16H20O2. The van der Waals surface area contributed by atoms with E-state index in [4.69, 9.17) is 0 Å². The maximum Gasteiger partial charge on any atom is 0.0497 e. The van der Waals surface area contributed by atoms with Crippen LogP contribution in [0.15, 0.2) is 36.4 Å². The van der Waals surface area contributed by atoms with E-state index in [1.54, 1.807) is 0 Å². The van der Waals surface area contributed by atoms with Gasteiger partial charge in [-0.25, -0.2) is 0 Å². The van der Waals surface area contributed by atoms with Crippen LogP contribution in [0.25, 0.3) is 10.8 Å². The first-order chi connectivity index (χ1) is 8.67. The van der Waals surface area contributed by atoms with E-state index < -0.39 is 0 Å². The highest BCUT2D eigenvalue weighted by molar-refractivity contribution is 5.87. The normalized spacial score (nSPS) is 14.7. The number of aliphatic hydroxyl groups is 2. The van der Waals surface area contributed by atoms with Crippen LogP contribution in [0.5, 0.6) is 0 Å². The van der Waals surface area contributed by atoms with E-state index in [-0.39, 0.29) is 25.0 Å². The van der Waals surface area contributed by atoms with Crippen LogP contribution in [-0.4, -0.2) is 23.4 Å². The highest BCUT2D eigenvalue weighted by Gasteiger charge is 2.10. The average Bonchev–Trinajstić information content (AvgIpc) is 2.44. The fourth-order valence-electron chi connectivity index (χ4n) is 2.25. The first-order valence-electron chi connectivity index (χ1n) is 6.41. The smallest absolute Gasteiger partial charge is 0.0497 e. The molecule has 0 spiro atoms. The van der Waals surface area contributed by atoms with Crippen LogP contribution >= 0.6 is 0 Å². The van der Waals surface area contributed by atoms with Crippen molar-refractivity contribution in [2.24, 2.45) is 0 Å². The van der Waals surface area contributed by atoms with E-state index in [1.807, 2.05) is 19.9 Å². The Kier molecular flexibility index (Phi) is 4.00. The molecule has 0 aliphatic heterocycles. The molecule has 2 heteroatoms. The van der Waals surface area contributed by atoms with Gasteiger partial charge in [0, 0.05) is 25.0 Å². The molecule has 96 valence electrons. The SMILES string of the molecule is CC(CO)c1ccc2cccc(C(C)CO)c2c1. The predicted octanol–water partition coefficient (Wildman–Crippen LogP) is 3.03. The van der Waals surface area contributed by atoms with E-state index >= 15 is 0 Å². The monoisotopic (exact) mass is 244 g/mol. The fraction of sp³-hybridized carbons (Fsp3) is 0.375. The van der Waals surface area contributed by atoms with Gasteiger partial charge in [0.25, 0.3) is 0 Å². The summed E-state index contributed by atoms with van der Waals surface area (Å²) in [6, 6.07) is 12.5. The molecule has 0 bridgehead atoms.